The van der Waals surface area contributed by atoms with E-state index in [0.29, 0.717) is 12.0 Å². The van der Waals surface area contributed by atoms with Crippen molar-refractivity contribution in [2.75, 3.05) is 38.0 Å². The first-order chi connectivity index (χ1) is 13.3. The zero-order chi connectivity index (χ0) is 20.6. The average molecular weight is 412 g/mol. The number of halogens is 3. The molecule has 1 amide bonds. The van der Waals surface area contributed by atoms with Crippen LogP contribution in [0.1, 0.15) is 16.1 Å². The molecule has 28 heavy (non-hydrogen) atoms. The number of rotatable bonds is 4. The van der Waals surface area contributed by atoms with Gasteiger partial charge in [-0.3, -0.25) is 4.79 Å². The number of hydrogen-bond acceptors (Lipinski definition) is 6. The monoisotopic (exact) mass is 411 g/mol. The van der Waals surface area contributed by atoms with E-state index in [-0.39, 0.29) is 24.4 Å². The number of fused-ring (bicyclic) bond motifs is 1. The third kappa shape index (κ3) is 3.16. The Bertz CT molecular complexity index is 984. The van der Waals surface area contributed by atoms with Gasteiger partial charge in [0.05, 0.1) is 23.5 Å². The van der Waals surface area contributed by atoms with Crippen LogP contribution in [-0.4, -0.2) is 44.2 Å². The van der Waals surface area contributed by atoms with Gasteiger partial charge in [0.2, 0.25) is 0 Å². The summed E-state index contributed by atoms with van der Waals surface area (Å²) in [7, 11) is 2.45. The number of benzene rings is 1. The highest BCUT2D eigenvalue weighted by atomic mass is 35.5. The maximum atomic E-state index is 15.3. The molecule has 2 heterocycles. The van der Waals surface area contributed by atoms with Gasteiger partial charge in [0.25, 0.3) is 5.91 Å². The van der Waals surface area contributed by atoms with Crippen molar-refractivity contribution in [1.82, 2.24) is 4.98 Å². The fraction of sp³-hybridized carbons (Fsp3) is 0.278. The smallest absolute Gasteiger partial charge is 0.358 e. The largest absolute Gasteiger partial charge is 0.464 e. The summed E-state index contributed by atoms with van der Waals surface area (Å²) < 4.78 is 39.4. The number of nitrogens with zero attached hydrogens (tertiary/aromatic N) is 2. The van der Waals surface area contributed by atoms with Gasteiger partial charge in [-0.25, -0.2) is 18.6 Å². The highest BCUT2D eigenvalue weighted by Crippen LogP contribution is 2.39. The molecule has 148 valence electrons. The topological polar surface area (TPSA) is 94.8 Å². The van der Waals surface area contributed by atoms with Crippen LogP contribution in [0.4, 0.5) is 20.2 Å². The van der Waals surface area contributed by atoms with E-state index in [4.69, 9.17) is 22.1 Å². The van der Waals surface area contributed by atoms with Crippen molar-refractivity contribution in [3.05, 3.63) is 40.0 Å². The maximum Gasteiger partial charge on any atom is 0.358 e. The van der Waals surface area contributed by atoms with E-state index >= 15 is 4.39 Å². The Labute approximate surface area is 164 Å². The zero-order valence-electron chi connectivity index (χ0n) is 15.0. The molecule has 1 aliphatic rings. The molecule has 0 saturated heterocycles. The number of hydrogen-bond donors (Lipinski definition) is 1. The van der Waals surface area contributed by atoms with Crippen LogP contribution in [0, 0.1) is 11.6 Å². The van der Waals surface area contributed by atoms with Gasteiger partial charge in [-0.1, -0.05) is 17.7 Å². The Morgan fingerprint density at radius 3 is 2.64 bits per heavy atom. The summed E-state index contributed by atoms with van der Waals surface area (Å²) in [6, 6.07) is 2.88. The van der Waals surface area contributed by atoms with E-state index in [1.807, 2.05) is 0 Å². The van der Waals surface area contributed by atoms with E-state index in [2.05, 4.69) is 9.72 Å². The zero-order valence-corrected chi connectivity index (χ0v) is 15.8. The van der Waals surface area contributed by atoms with Gasteiger partial charge in [0.15, 0.2) is 17.3 Å². The lowest BCUT2D eigenvalue weighted by Crippen LogP contribution is -2.32. The quantitative estimate of drug-likeness (QED) is 0.777. The third-order valence-corrected chi connectivity index (χ3v) is 4.77. The minimum atomic E-state index is -1.08. The summed E-state index contributed by atoms with van der Waals surface area (Å²) in [5, 5.41) is -0.424. The SMILES string of the molecule is COCC(=O)N1CCc2ccc(-c3nc(C(=O)OC)c(Cl)c(N)c3F)c(F)c21. The number of esters is 1. The van der Waals surface area contributed by atoms with Crippen LogP contribution in [0.25, 0.3) is 11.3 Å². The normalized spacial score (nSPS) is 12.8. The van der Waals surface area contributed by atoms with E-state index in [1.165, 1.54) is 18.1 Å². The number of nitrogen functional groups attached to an aromatic ring is 1. The second kappa shape index (κ2) is 7.69. The highest BCUT2D eigenvalue weighted by Gasteiger charge is 2.31. The minimum Gasteiger partial charge on any atom is -0.464 e. The molecule has 3 rings (SSSR count). The van der Waals surface area contributed by atoms with Crippen LogP contribution >= 0.6 is 11.6 Å². The fourth-order valence-corrected chi connectivity index (χ4v) is 3.25. The molecular formula is C18H16ClF2N3O4. The molecule has 1 aromatic carbocycles. The Morgan fingerprint density at radius 1 is 1.29 bits per heavy atom. The van der Waals surface area contributed by atoms with Gasteiger partial charge in [-0.15, -0.1) is 0 Å². The molecule has 0 aliphatic carbocycles. The molecule has 10 heteroatoms. The Balaban J connectivity index is 2.19. The predicted octanol–water partition coefficient (Wildman–Crippen LogP) is 2.58. The molecule has 7 nitrogen and oxygen atoms in total. The average Bonchev–Trinajstić information content (AvgIpc) is 3.12. The molecule has 0 spiro atoms. The van der Waals surface area contributed by atoms with Crippen LogP contribution in [0.5, 0.6) is 0 Å². The van der Waals surface area contributed by atoms with Gasteiger partial charge < -0.3 is 20.1 Å². The van der Waals surface area contributed by atoms with Crippen molar-refractivity contribution in [2.45, 2.75) is 6.42 Å². The molecule has 1 aliphatic heterocycles. The molecular weight excluding hydrogens is 396 g/mol. The second-order valence-electron chi connectivity index (χ2n) is 6.01. The molecule has 1 aromatic heterocycles. The molecule has 0 radical (unpaired) electrons. The van der Waals surface area contributed by atoms with E-state index in [0.717, 1.165) is 7.11 Å². The number of pyridine rings is 1. The first-order valence-corrected chi connectivity index (χ1v) is 8.53. The molecule has 0 atom stereocenters. The number of ether oxygens (including phenoxy) is 2. The number of methoxy groups -OCH3 is 2. The van der Waals surface area contributed by atoms with Gasteiger partial charge in [0, 0.05) is 19.2 Å². The number of nitrogens with two attached hydrogens (primary N) is 1. The van der Waals surface area contributed by atoms with Gasteiger partial charge in [0.1, 0.15) is 12.3 Å². The Hall–Kier alpha value is -2.78. The van der Waals surface area contributed by atoms with E-state index in [9.17, 15) is 14.0 Å². The maximum absolute atomic E-state index is 15.3. The summed E-state index contributed by atoms with van der Waals surface area (Å²) in [4.78, 5) is 29.1. The standard InChI is InChI=1S/C18H16ClF2N3O4/c1-27-7-10(25)24-6-5-8-3-4-9(12(20)17(8)24)15-13(21)14(22)11(19)16(23-15)18(26)28-2/h3-4H,5-7H2,1-2H3,(H2,22,23). The van der Waals surface area contributed by atoms with Crippen molar-refractivity contribution in [2.24, 2.45) is 0 Å². The molecule has 0 saturated carbocycles. The van der Waals surface area contributed by atoms with Crippen molar-refractivity contribution < 1.29 is 27.8 Å². The van der Waals surface area contributed by atoms with Gasteiger partial charge in [-0.2, -0.15) is 0 Å². The molecule has 0 unspecified atom stereocenters. The minimum absolute atomic E-state index is 0.0221. The fourth-order valence-electron chi connectivity index (χ4n) is 3.05. The second-order valence-corrected chi connectivity index (χ2v) is 6.38. The number of aromatic nitrogens is 1. The van der Waals surface area contributed by atoms with Crippen LogP contribution in [0.15, 0.2) is 12.1 Å². The number of carbonyl (C=O) groups excluding carboxylic acids is 2. The molecule has 2 N–H and O–H groups in total. The third-order valence-electron chi connectivity index (χ3n) is 4.39. The Kier molecular flexibility index (Phi) is 5.48. The lowest BCUT2D eigenvalue weighted by atomic mass is 10.0. The first-order valence-electron chi connectivity index (χ1n) is 8.15. The molecule has 0 fully saturated rings. The summed E-state index contributed by atoms with van der Waals surface area (Å²) in [5.41, 5.74) is 4.48. The van der Waals surface area contributed by atoms with Crippen LogP contribution in [0.3, 0.4) is 0 Å². The summed E-state index contributed by atoms with van der Waals surface area (Å²) in [5.74, 6) is -3.32. The number of amides is 1. The van der Waals surface area contributed by atoms with Gasteiger partial charge >= 0.3 is 5.97 Å². The van der Waals surface area contributed by atoms with Crippen LogP contribution in [0.2, 0.25) is 5.02 Å². The van der Waals surface area contributed by atoms with Crippen molar-refractivity contribution in [3.8, 4) is 11.3 Å². The number of anilines is 2. The first kappa shape index (κ1) is 20.0. The van der Waals surface area contributed by atoms with Crippen molar-refractivity contribution in [1.29, 1.82) is 0 Å². The molecule has 2 aromatic rings. The van der Waals surface area contributed by atoms with Crippen LogP contribution < -0.4 is 10.6 Å². The summed E-state index contributed by atoms with van der Waals surface area (Å²) in [6.45, 7) is 0.0417. The lowest BCUT2D eigenvalue weighted by Gasteiger charge is -2.19. The molecule has 0 bridgehead atoms. The van der Waals surface area contributed by atoms with E-state index < -0.39 is 45.6 Å². The lowest BCUT2D eigenvalue weighted by molar-refractivity contribution is -0.122. The summed E-state index contributed by atoms with van der Waals surface area (Å²) in [6.07, 6.45) is 0.439. The highest BCUT2D eigenvalue weighted by molar-refractivity contribution is 6.35. The summed E-state index contributed by atoms with van der Waals surface area (Å²) >= 11 is 5.88. The van der Waals surface area contributed by atoms with Crippen LogP contribution in [-0.2, 0) is 20.7 Å². The number of carbonyl (C=O) groups is 2. The van der Waals surface area contributed by atoms with Crippen molar-refractivity contribution in [3.63, 3.8) is 0 Å². The van der Waals surface area contributed by atoms with Gasteiger partial charge in [-0.05, 0) is 18.1 Å². The Morgan fingerprint density at radius 2 is 2.00 bits per heavy atom. The van der Waals surface area contributed by atoms with Crippen molar-refractivity contribution >= 4 is 34.9 Å². The van der Waals surface area contributed by atoms with E-state index in [1.54, 1.807) is 6.07 Å². The predicted molar refractivity (Wildman–Crippen MR) is 98.3 cm³/mol.